The van der Waals surface area contributed by atoms with Crippen LogP contribution in [0.5, 0.6) is 17.4 Å². The molecule has 0 spiro atoms. The van der Waals surface area contributed by atoms with Crippen LogP contribution in [0.1, 0.15) is 76.4 Å². The number of ether oxygens (including phenoxy) is 3. The van der Waals surface area contributed by atoms with Gasteiger partial charge in [0, 0.05) is 23.1 Å². The van der Waals surface area contributed by atoms with Crippen molar-refractivity contribution < 1.29 is 37.9 Å². The molecule has 7 rings (SSSR count). The molecule has 3 N–H and O–H groups in total. The standard InChI is InChI=1S/C42H49N3O8Si/c1-41(2,3)54(7,8)53-42-28(34(45(4)5)37-33(39(42)48)40(44-52-37)51-23-25-17-13-10-14-18-25)20-26-19-27-30(49-6)21-29(43)36(32(27)35(46)31(26)38(42)47)50-22-24-15-11-9-12-16-24/h9-18,21,26,28,34,47H,19-20,22-23,43H2,1-8H3/t26-,28-,34-,42?/m0/s1. The molecule has 11 nitrogen and oxygen atoms in total. The summed E-state index contributed by atoms with van der Waals surface area (Å²) < 4.78 is 31.5. The van der Waals surface area contributed by atoms with E-state index >= 15 is 9.59 Å². The normalized spacial score (nSPS) is 22.4. The van der Waals surface area contributed by atoms with E-state index in [9.17, 15) is 5.11 Å². The number of nitrogens with zero attached hydrogens (tertiary/aromatic N) is 2. The molecule has 1 heterocycles. The summed E-state index contributed by atoms with van der Waals surface area (Å²) in [5.41, 5.74) is 7.69. The highest BCUT2D eigenvalue weighted by Crippen LogP contribution is 2.60. The summed E-state index contributed by atoms with van der Waals surface area (Å²) in [7, 11) is 2.45. The van der Waals surface area contributed by atoms with Crippen molar-refractivity contribution in [3.63, 3.8) is 0 Å². The van der Waals surface area contributed by atoms with Crippen molar-refractivity contribution in [2.24, 2.45) is 11.8 Å². The van der Waals surface area contributed by atoms with Crippen molar-refractivity contribution in [2.75, 3.05) is 26.9 Å². The first-order chi connectivity index (χ1) is 25.6. The molecule has 0 aliphatic heterocycles. The first kappa shape index (κ1) is 37.4. The SMILES string of the molecule is COc1cc(N)c(OCc2ccccc2)c2c1C[C@H]1C[C@H]3[C@H](N(C)C)c4onc(OCc5ccccc5)c4C(=O)C3(O[Si](C)(C)C(C)(C)C)C(O)=C1C2=O. The number of aliphatic hydroxyl groups is 1. The Morgan fingerprint density at radius 2 is 1.59 bits per heavy atom. The molecule has 4 aromatic rings. The molecule has 0 radical (unpaired) electrons. The Kier molecular flexibility index (Phi) is 9.52. The smallest absolute Gasteiger partial charge is 0.265 e. The maximum absolute atomic E-state index is 15.5. The molecule has 3 aromatic carbocycles. The van der Waals surface area contributed by atoms with Crippen molar-refractivity contribution in [3.05, 3.63) is 112 Å². The van der Waals surface area contributed by atoms with E-state index in [1.807, 2.05) is 92.8 Å². The van der Waals surface area contributed by atoms with Gasteiger partial charge in [0.1, 0.15) is 30.3 Å². The minimum absolute atomic E-state index is 0.0108. The minimum atomic E-state index is -2.88. The highest BCUT2D eigenvalue weighted by molar-refractivity contribution is 6.74. The van der Waals surface area contributed by atoms with Gasteiger partial charge >= 0.3 is 0 Å². The van der Waals surface area contributed by atoms with Gasteiger partial charge in [-0.2, -0.15) is 0 Å². The number of nitrogen functional groups attached to an aromatic ring is 1. The predicted molar refractivity (Wildman–Crippen MR) is 207 cm³/mol. The number of carbonyl (C=O) groups excluding carboxylic acids is 2. The van der Waals surface area contributed by atoms with Crippen LogP contribution in [0.4, 0.5) is 5.69 Å². The van der Waals surface area contributed by atoms with E-state index < -0.39 is 49.1 Å². The van der Waals surface area contributed by atoms with Crippen LogP contribution in [-0.2, 0) is 24.1 Å². The van der Waals surface area contributed by atoms with E-state index in [2.05, 4.69) is 25.9 Å². The van der Waals surface area contributed by atoms with Crippen molar-refractivity contribution in [2.45, 2.75) is 76.6 Å². The Morgan fingerprint density at radius 1 is 0.981 bits per heavy atom. The van der Waals surface area contributed by atoms with Gasteiger partial charge in [-0.25, -0.2) is 0 Å². The van der Waals surface area contributed by atoms with Gasteiger partial charge in [0.05, 0.1) is 24.4 Å². The third-order valence-corrected chi connectivity index (χ3v) is 16.2. The molecular weight excluding hydrogens is 703 g/mol. The first-order valence-corrected chi connectivity index (χ1v) is 21.2. The van der Waals surface area contributed by atoms with E-state index in [0.717, 1.165) is 11.1 Å². The van der Waals surface area contributed by atoms with Gasteiger partial charge in [-0.05, 0) is 67.3 Å². The monoisotopic (exact) mass is 751 g/mol. The van der Waals surface area contributed by atoms with Gasteiger partial charge in [-0.3, -0.25) is 14.5 Å². The van der Waals surface area contributed by atoms with Gasteiger partial charge in [-0.15, -0.1) is 0 Å². The van der Waals surface area contributed by atoms with Crippen molar-refractivity contribution >= 4 is 25.6 Å². The van der Waals surface area contributed by atoms with Crippen LogP contribution in [0.15, 0.2) is 82.6 Å². The van der Waals surface area contributed by atoms with Crippen LogP contribution in [0.3, 0.4) is 0 Å². The number of anilines is 1. The number of carbonyl (C=O) groups is 2. The van der Waals surface area contributed by atoms with Crippen LogP contribution in [0.25, 0.3) is 0 Å². The van der Waals surface area contributed by atoms with E-state index in [1.165, 1.54) is 7.11 Å². The quantitative estimate of drug-likeness (QED) is 0.121. The van der Waals surface area contributed by atoms with Crippen LogP contribution in [0, 0.1) is 11.8 Å². The highest BCUT2D eigenvalue weighted by atomic mass is 28.4. The topological polar surface area (TPSA) is 147 Å². The Hall–Kier alpha value is -4.91. The largest absolute Gasteiger partial charge is 0.508 e. The van der Waals surface area contributed by atoms with Gasteiger partial charge in [-0.1, -0.05) is 81.4 Å². The average Bonchev–Trinajstić information content (AvgIpc) is 3.55. The molecule has 54 heavy (non-hydrogen) atoms. The molecule has 0 saturated heterocycles. The van der Waals surface area contributed by atoms with Gasteiger partial charge < -0.3 is 34.0 Å². The van der Waals surface area contributed by atoms with Crippen LogP contribution >= 0.6 is 0 Å². The van der Waals surface area contributed by atoms with Gasteiger partial charge in [0.25, 0.3) is 5.88 Å². The number of aliphatic hydroxyl groups excluding tert-OH is 1. The van der Waals surface area contributed by atoms with E-state index in [1.54, 1.807) is 6.07 Å². The van der Waals surface area contributed by atoms with E-state index in [0.29, 0.717) is 29.9 Å². The molecular formula is C42H49N3O8Si. The summed E-state index contributed by atoms with van der Waals surface area (Å²) in [6.07, 6.45) is 0.656. The summed E-state index contributed by atoms with van der Waals surface area (Å²) in [5, 5.41) is 16.8. The van der Waals surface area contributed by atoms with Crippen LogP contribution < -0.4 is 19.9 Å². The third-order valence-electron chi connectivity index (χ3n) is 11.7. The number of allylic oxidation sites excluding steroid dienone is 1. The fraction of sp³-hybridized carbons (Fsp3) is 0.405. The maximum Gasteiger partial charge on any atom is 0.265 e. The molecule has 0 bridgehead atoms. The number of ketones is 2. The summed E-state index contributed by atoms with van der Waals surface area (Å²) in [4.78, 5) is 32.6. The number of hydrogen-bond donors (Lipinski definition) is 2. The molecule has 4 atom stereocenters. The van der Waals surface area contributed by atoms with Crippen LogP contribution in [0.2, 0.25) is 18.1 Å². The Labute approximate surface area is 317 Å². The molecule has 1 aromatic heterocycles. The maximum atomic E-state index is 15.5. The fourth-order valence-electron chi connectivity index (χ4n) is 8.07. The second-order valence-corrected chi connectivity index (χ2v) is 21.0. The zero-order valence-corrected chi connectivity index (χ0v) is 33.2. The molecule has 284 valence electrons. The second kappa shape index (κ2) is 13.7. The number of fused-ring (bicyclic) bond motifs is 4. The Bertz CT molecular complexity index is 2120. The molecule has 0 fully saturated rings. The van der Waals surface area contributed by atoms with Crippen LogP contribution in [-0.4, -0.2) is 61.9 Å². The summed E-state index contributed by atoms with van der Waals surface area (Å²) >= 11 is 0. The number of aromatic nitrogens is 1. The van der Waals surface area contributed by atoms with Crippen molar-refractivity contribution in [1.82, 2.24) is 10.1 Å². The number of Topliss-reactive ketones (excluding diaryl/α,β-unsaturated/α-hetero) is 2. The molecule has 12 heteroatoms. The van der Waals surface area contributed by atoms with Gasteiger partial charge in [0.2, 0.25) is 5.78 Å². The van der Waals surface area contributed by atoms with Crippen molar-refractivity contribution in [3.8, 4) is 17.4 Å². The third kappa shape index (κ3) is 6.00. The minimum Gasteiger partial charge on any atom is -0.508 e. The number of nitrogens with two attached hydrogens (primary N) is 1. The summed E-state index contributed by atoms with van der Waals surface area (Å²) in [6.45, 7) is 10.6. The lowest BCUT2D eigenvalue weighted by molar-refractivity contribution is -0.0480. The molecule has 0 amide bonds. The molecule has 0 saturated carbocycles. The zero-order chi connectivity index (χ0) is 38.7. The highest BCUT2D eigenvalue weighted by Gasteiger charge is 2.67. The summed E-state index contributed by atoms with van der Waals surface area (Å²) in [5.74, 6) is -1.54. The molecule has 3 aliphatic rings. The lowest BCUT2D eigenvalue weighted by Crippen LogP contribution is -2.65. The Morgan fingerprint density at radius 3 is 2.17 bits per heavy atom. The number of methoxy groups -OCH3 is 1. The van der Waals surface area contributed by atoms with Crippen molar-refractivity contribution in [1.29, 1.82) is 0 Å². The summed E-state index contributed by atoms with van der Waals surface area (Å²) in [6, 6.07) is 20.2. The fourth-order valence-corrected chi connectivity index (χ4v) is 9.52. The molecule has 1 unspecified atom stereocenters. The average molecular weight is 752 g/mol. The number of hydrogen-bond acceptors (Lipinski definition) is 11. The lowest BCUT2D eigenvalue weighted by atomic mass is 9.58. The Balaban J connectivity index is 1.42. The van der Waals surface area contributed by atoms with Gasteiger partial charge in [0.15, 0.2) is 31.2 Å². The first-order valence-electron chi connectivity index (χ1n) is 18.3. The number of benzene rings is 3. The van der Waals surface area contributed by atoms with E-state index in [-0.39, 0.29) is 52.3 Å². The predicted octanol–water partition coefficient (Wildman–Crippen LogP) is 7.87. The number of rotatable bonds is 10. The lowest BCUT2D eigenvalue weighted by Gasteiger charge is -2.55. The van der Waals surface area contributed by atoms with E-state index in [4.69, 9.17) is 28.9 Å². The second-order valence-electron chi connectivity index (χ2n) is 16.3. The molecule has 3 aliphatic carbocycles. The zero-order valence-electron chi connectivity index (χ0n) is 32.2.